The van der Waals surface area contributed by atoms with Crippen molar-refractivity contribution in [2.45, 2.75) is 26.3 Å². The highest BCUT2D eigenvalue weighted by molar-refractivity contribution is 4.84. The van der Waals surface area contributed by atoms with Crippen molar-refractivity contribution in [1.29, 1.82) is 0 Å². The monoisotopic (exact) mass is 145 g/mol. The highest BCUT2D eigenvalue weighted by atomic mass is 19.1. The molecule has 0 bridgehead atoms. The zero-order valence-corrected chi connectivity index (χ0v) is 6.73. The molecule has 0 saturated heterocycles. The predicted octanol–water partition coefficient (Wildman–Crippen LogP) is 1.59. The van der Waals surface area contributed by atoms with Crippen LogP contribution in [0.25, 0.3) is 0 Å². The number of halogens is 1. The van der Waals surface area contributed by atoms with Crippen LogP contribution in [-0.2, 0) is 0 Å². The maximum Gasteiger partial charge on any atom is 0.104 e. The van der Waals surface area contributed by atoms with E-state index < -0.39 is 0 Å². The van der Waals surface area contributed by atoms with Gasteiger partial charge in [-0.05, 0) is 31.7 Å². The predicted molar refractivity (Wildman–Crippen MR) is 40.7 cm³/mol. The fourth-order valence-corrected chi connectivity index (χ4v) is 1.09. The second-order valence-electron chi connectivity index (χ2n) is 3.44. The molecule has 10 heavy (non-hydrogen) atoms. The lowest BCUT2D eigenvalue weighted by Gasteiger charge is -2.07. The molecule has 60 valence electrons. The van der Waals surface area contributed by atoms with Gasteiger partial charge >= 0.3 is 0 Å². The molecular formula is C8H16FN. The summed E-state index contributed by atoms with van der Waals surface area (Å²) >= 11 is 0. The molecule has 1 aliphatic rings. The van der Waals surface area contributed by atoms with E-state index in [4.69, 9.17) is 0 Å². The second-order valence-corrected chi connectivity index (χ2v) is 3.44. The summed E-state index contributed by atoms with van der Waals surface area (Å²) in [7, 11) is 0. The third-order valence-corrected chi connectivity index (χ3v) is 2.24. The van der Waals surface area contributed by atoms with Crippen LogP contribution in [-0.4, -0.2) is 19.3 Å². The van der Waals surface area contributed by atoms with Gasteiger partial charge in [-0.15, -0.1) is 0 Å². The Bertz CT molecular complexity index is 101. The van der Waals surface area contributed by atoms with E-state index in [0.717, 1.165) is 18.4 Å². The van der Waals surface area contributed by atoms with Crippen LogP contribution in [0, 0.1) is 11.8 Å². The number of alkyl halides is 1. The molecular weight excluding hydrogens is 129 g/mol. The molecule has 0 radical (unpaired) electrons. The highest BCUT2D eigenvalue weighted by Gasteiger charge is 2.31. The summed E-state index contributed by atoms with van der Waals surface area (Å²) < 4.78 is 11.9. The first-order valence-electron chi connectivity index (χ1n) is 4.03. The lowest BCUT2D eigenvalue weighted by atomic mass is 10.3. The summed E-state index contributed by atoms with van der Waals surface area (Å²) in [5, 5.41) is 3.15. The second kappa shape index (κ2) is 3.33. The number of hydrogen-bond donors (Lipinski definition) is 1. The van der Waals surface area contributed by atoms with Gasteiger partial charge in [0.1, 0.15) is 6.67 Å². The van der Waals surface area contributed by atoms with Crippen molar-refractivity contribution in [2.75, 3.05) is 13.2 Å². The minimum Gasteiger partial charge on any atom is -0.311 e. The van der Waals surface area contributed by atoms with Gasteiger partial charge in [-0.3, -0.25) is 0 Å². The zero-order chi connectivity index (χ0) is 7.56. The van der Waals surface area contributed by atoms with Gasteiger partial charge in [-0.1, -0.05) is 6.92 Å². The molecule has 3 atom stereocenters. The smallest absolute Gasteiger partial charge is 0.104 e. The third kappa shape index (κ3) is 2.25. The largest absolute Gasteiger partial charge is 0.311 e. The maximum absolute atomic E-state index is 11.9. The van der Waals surface area contributed by atoms with Crippen molar-refractivity contribution in [1.82, 2.24) is 5.32 Å². The van der Waals surface area contributed by atoms with Crippen LogP contribution >= 0.6 is 0 Å². The summed E-state index contributed by atoms with van der Waals surface area (Å²) in [4.78, 5) is 0. The first-order valence-corrected chi connectivity index (χ1v) is 4.03. The van der Waals surface area contributed by atoms with Crippen LogP contribution in [0.3, 0.4) is 0 Å². The van der Waals surface area contributed by atoms with Crippen LogP contribution < -0.4 is 5.32 Å². The van der Waals surface area contributed by atoms with Crippen molar-refractivity contribution in [3.63, 3.8) is 0 Å². The van der Waals surface area contributed by atoms with E-state index in [1.165, 1.54) is 6.42 Å². The minimum absolute atomic E-state index is 0.0489. The van der Waals surface area contributed by atoms with Gasteiger partial charge in [0.2, 0.25) is 0 Å². The molecule has 0 aromatic rings. The molecule has 1 N–H and O–H groups in total. The van der Waals surface area contributed by atoms with Gasteiger partial charge < -0.3 is 5.32 Å². The molecule has 0 heterocycles. The molecule has 0 amide bonds. The van der Waals surface area contributed by atoms with E-state index >= 15 is 0 Å². The molecule has 1 saturated carbocycles. The lowest BCUT2D eigenvalue weighted by molar-refractivity contribution is 0.386. The SMILES string of the molecule is CC(CF)NCC1CC1C. The van der Waals surface area contributed by atoms with E-state index in [1.807, 2.05) is 6.92 Å². The van der Waals surface area contributed by atoms with Gasteiger partial charge in [0, 0.05) is 6.04 Å². The summed E-state index contributed by atoms with van der Waals surface area (Å²) in [5.41, 5.74) is 0. The molecule has 1 fully saturated rings. The molecule has 1 nitrogen and oxygen atoms in total. The van der Waals surface area contributed by atoms with Crippen molar-refractivity contribution in [3.8, 4) is 0 Å². The molecule has 0 aliphatic heterocycles. The Balaban J connectivity index is 1.95. The van der Waals surface area contributed by atoms with Crippen molar-refractivity contribution < 1.29 is 4.39 Å². The van der Waals surface area contributed by atoms with Crippen molar-refractivity contribution in [2.24, 2.45) is 11.8 Å². The molecule has 0 aromatic carbocycles. The van der Waals surface area contributed by atoms with Gasteiger partial charge in [0.25, 0.3) is 0 Å². The van der Waals surface area contributed by atoms with Gasteiger partial charge in [0.15, 0.2) is 0 Å². The molecule has 1 aliphatic carbocycles. The Hall–Kier alpha value is -0.110. The highest BCUT2D eigenvalue weighted by Crippen LogP contribution is 2.36. The van der Waals surface area contributed by atoms with E-state index in [0.29, 0.717) is 0 Å². The van der Waals surface area contributed by atoms with Gasteiger partial charge in [-0.25, -0.2) is 4.39 Å². The zero-order valence-electron chi connectivity index (χ0n) is 6.73. The number of nitrogens with one attached hydrogen (secondary N) is 1. The van der Waals surface area contributed by atoms with E-state index in [1.54, 1.807) is 0 Å². The van der Waals surface area contributed by atoms with Crippen LogP contribution in [0.1, 0.15) is 20.3 Å². The molecule has 0 aromatic heterocycles. The minimum atomic E-state index is -0.249. The maximum atomic E-state index is 11.9. The normalized spacial score (nSPS) is 33.9. The number of hydrogen-bond acceptors (Lipinski definition) is 1. The summed E-state index contributed by atoms with van der Waals surface area (Å²) in [6.45, 7) is 4.88. The first kappa shape index (κ1) is 7.99. The van der Waals surface area contributed by atoms with Gasteiger partial charge in [0.05, 0.1) is 0 Å². The fraction of sp³-hybridized carbons (Fsp3) is 1.00. The Kier molecular flexibility index (Phi) is 2.66. The molecule has 0 spiro atoms. The summed E-state index contributed by atoms with van der Waals surface area (Å²) in [6, 6.07) is 0.0489. The quantitative estimate of drug-likeness (QED) is 0.633. The van der Waals surface area contributed by atoms with Crippen molar-refractivity contribution >= 4 is 0 Å². The molecule has 1 rings (SSSR count). The van der Waals surface area contributed by atoms with E-state index in [-0.39, 0.29) is 12.7 Å². The summed E-state index contributed by atoms with van der Waals surface area (Å²) in [6.07, 6.45) is 1.33. The molecule has 2 heteroatoms. The lowest BCUT2D eigenvalue weighted by Crippen LogP contribution is -2.29. The average molecular weight is 145 g/mol. The Labute approximate surface area is 62.0 Å². The topological polar surface area (TPSA) is 12.0 Å². The fourth-order valence-electron chi connectivity index (χ4n) is 1.09. The summed E-state index contributed by atoms with van der Waals surface area (Å²) in [5.74, 6) is 1.70. The number of rotatable bonds is 4. The van der Waals surface area contributed by atoms with Crippen LogP contribution in [0.15, 0.2) is 0 Å². The van der Waals surface area contributed by atoms with E-state index in [2.05, 4.69) is 12.2 Å². The Morgan fingerprint density at radius 3 is 2.70 bits per heavy atom. The van der Waals surface area contributed by atoms with Crippen LogP contribution in [0.5, 0.6) is 0 Å². The Morgan fingerprint density at radius 1 is 1.70 bits per heavy atom. The first-order chi connectivity index (χ1) is 4.74. The van der Waals surface area contributed by atoms with Gasteiger partial charge in [-0.2, -0.15) is 0 Å². The van der Waals surface area contributed by atoms with Crippen molar-refractivity contribution in [3.05, 3.63) is 0 Å². The average Bonchev–Trinajstić information content (AvgIpc) is 2.61. The standard InChI is InChI=1S/C8H16FN/c1-6-3-8(6)5-10-7(2)4-9/h6-8,10H,3-5H2,1-2H3. The molecule has 3 unspecified atom stereocenters. The van der Waals surface area contributed by atoms with E-state index in [9.17, 15) is 4.39 Å². The third-order valence-electron chi connectivity index (χ3n) is 2.24. The Morgan fingerprint density at radius 2 is 2.30 bits per heavy atom. The van der Waals surface area contributed by atoms with Crippen LogP contribution in [0.2, 0.25) is 0 Å². The van der Waals surface area contributed by atoms with Crippen LogP contribution in [0.4, 0.5) is 4.39 Å².